The normalized spacial score (nSPS) is 17.0. The van der Waals surface area contributed by atoms with Crippen molar-refractivity contribution in [1.82, 2.24) is 9.80 Å². The van der Waals surface area contributed by atoms with E-state index in [9.17, 15) is 4.79 Å². The molecule has 1 saturated heterocycles. The second kappa shape index (κ2) is 8.52. The molecule has 2 aromatic rings. The topological polar surface area (TPSA) is 45.9 Å². The molecule has 0 aliphatic carbocycles. The molecule has 1 fully saturated rings. The van der Waals surface area contributed by atoms with Crippen LogP contribution in [0, 0.1) is 6.92 Å². The number of rotatable bonds is 7. The Balaban J connectivity index is 1.85. The Bertz CT molecular complexity index is 718. The number of amides is 1. The summed E-state index contributed by atoms with van der Waals surface area (Å²) in [7, 11) is 4.04. The second-order valence-corrected chi connectivity index (χ2v) is 7.16. The van der Waals surface area contributed by atoms with E-state index in [0.29, 0.717) is 24.4 Å². The number of likely N-dealkylation sites (N-methyl/N-ethyl adjacent to an activating group) is 1. The fourth-order valence-electron chi connectivity index (χ4n) is 3.28. The molecule has 1 aliphatic rings. The van der Waals surface area contributed by atoms with E-state index in [4.69, 9.17) is 9.15 Å². The molecule has 0 saturated carbocycles. The Labute approximate surface area is 155 Å². The number of hydrogen-bond donors (Lipinski definition) is 0. The Hall–Kier alpha value is -2.11. The average Bonchev–Trinajstić information content (AvgIpc) is 3.28. The maximum atomic E-state index is 13.3. The molecule has 1 atom stereocenters. The summed E-state index contributed by atoms with van der Waals surface area (Å²) in [6.07, 6.45) is 2.22. The van der Waals surface area contributed by atoms with E-state index in [1.54, 1.807) is 0 Å². The Morgan fingerprint density at radius 1 is 1.19 bits per heavy atom. The van der Waals surface area contributed by atoms with Gasteiger partial charge >= 0.3 is 0 Å². The van der Waals surface area contributed by atoms with Crippen LogP contribution in [-0.2, 0) is 4.74 Å². The molecule has 0 bridgehead atoms. The van der Waals surface area contributed by atoms with Crippen molar-refractivity contribution in [2.45, 2.75) is 25.9 Å². The molecule has 0 spiro atoms. The molecule has 140 valence electrons. The lowest BCUT2D eigenvalue weighted by Gasteiger charge is -2.26. The largest absolute Gasteiger partial charge is 0.461 e. The molecule has 3 rings (SSSR count). The third kappa shape index (κ3) is 4.54. The van der Waals surface area contributed by atoms with Gasteiger partial charge in [0.1, 0.15) is 11.5 Å². The van der Waals surface area contributed by atoms with Gasteiger partial charge in [-0.15, -0.1) is 0 Å². The fraction of sp³-hybridized carbons (Fsp3) is 0.476. The van der Waals surface area contributed by atoms with E-state index < -0.39 is 0 Å². The number of hydrogen-bond acceptors (Lipinski definition) is 4. The van der Waals surface area contributed by atoms with Gasteiger partial charge in [0.25, 0.3) is 5.91 Å². The lowest BCUT2D eigenvalue weighted by atomic mass is 10.1. The summed E-state index contributed by atoms with van der Waals surface area (Å²) < 4.78 is 11.6. The molecule has 1 aliphatic heterocycles. The number of ether oxygens (including phenoxy) is 1. The smallest absolute Gasteiger partial charge is 0.257 e. The average molecular weight is 356 g/mol. The van der Waals surface area contributed by atoms with E-state index in [1.165, 1.54) is 0 Å². The van der Waals surface area contributed by atoms with Crippen LogP contribution in [0.5, 0.6) is 0 Å². The van der Waals surface area contributed by atoms with Crippen molar-refractivity contribution in [3.8, 4) is 11.3 Å². The van der Waals surface area contributed by atoms with Gasteiger partial charge < -0.3 is 19.0 Å². The summed E-state index contributed by atoms with van der Waals surface area (Å²) in [5, 5.41) is 0. The van der Waals surface area contributed by atoms with Gasteiger partial charge in [-0.25, -0.2) is 0 Å². The van der Waals surface area contributed by atoms with Crippen LogP contribution in [0.3, 0.4) is 0 Å². The maximum absolute atomic E-state index is 13.3. The van der Waals surface area contributed by atoms with Crippen LogP contribution in [0.2, 0.25) is 0 Å². The summed E-state index contributed by atoms with van der Waals surface area (Å²) in [4.78, 5) is 17.3. The number of benzene rings is 1. The molecule has 1 amide bonds. The molecule has 0 radical (unpaired) electrons. The van der Waals surface area contributed by atoms with Gasteiger partial charge in [-0.3, -0.25) is 4.79 Å². The molecule has 1 aromatic heterocycles. The Kier molecular flexibility index (Phi) is 6.12. The van der Waals surface area contributed by atoms with Crippen LogP contribution in [-0.4, -0.2) is 62.1 Å². The Morgan fingerprint density at radius 2 is 1.96 bits per heavy atom. The van der Waals surface area contributed by atoms with E-state index in [1.807, 2.05) is 62.3 Å². The summed E-state index contributed by atoms with van der Waals surface area (Å²) in [5.74, 6) is 1.41. The quantitative estimate of drug-likeness (QED) is 0.762. The Morgan fingerprint density at radius 3 is 2.62 bits per heavy atom. The molecular formula is C21H28N2O3. The third-order valence-electron chi connectivity index (χ3n) is 4.67. The molecule has 0 N–H and O–H groups in total. The molecule has 0 unspecified atom stereocenters. The summed E-state index contributed by atoms with van der Waals surface area (Å²) in [6.45, 7) is 4.79. The molecule has 2 heterocycles. The lowest BCUT2D eigenvalue weighted by molar-refractivity contribution is 0.0512. The molecule has 5 heteroatoms. The molecule has 5 nitrogen and oxygen atoms in total. The minimum Gasteiger partial charge on any atom is -0.461 e. The monoisotopic (exact) mass is 356 g/mol. The van der Waals surface area contributed by atoms with E-state index >= 15 is 0 Å². The number of furan rings is 1. The van der Waals surface area contributed by atoms with Crippen LogP contribution >= 0.6 is 0 Å². The number of nitrogens with zero attached hydrogens (tertiary/aromatic N) is 2. The first-order valence-corrected chi connectivity index (χ1v) is 9.26. The third-order valence-corrected chi connectivity index (χ3v) is 4.67. The molecule has 26 heavy (non-hydrogen) atoms. The lowest BCUT2D eigenvalue weighted by Crippen LogP contribution is -2.41. The van der Waals surface area contributed by atoms with Crippen molar-refractivity contribution in [2.75, 3.05) is 40.3 Å². The predicted octanol–water partition coefficient (Wildman–Crippen LogP) is 3.44. The van der Waals surface area contributed by atoms with Crippen LogP contribution in [0.25, 0.3) is 11.3 Å². The first-order chi connectivity index (χ1) is 12.5. The van der Waals surface area contributed by atoms with Crippen LogP contribution in [0.4, 0.5) is 0 Å². The minimum absolute atomic E-state index is 0.0121. The van der Waals surface area contributed by atoms with Crippen LogP contribution in [0.15, 0.2) is 40.8 Å². The minimum atomic E-state index is 0.0121. The van der Waals surface area contributed by atoms with Gasteiger partial charge in [0.2, 0.25) is 0 Å². The fourth-order valence-corrected chi connectivity index (χ4v) is 3.28. The zero-order valence-corrected chi connectivity index (χ0v) is 15.9. The number of carbonyl (C=O) groups is 1. The standard InChI is InChI=1S/C21H28N2O3/c1-16-14-19(20(26-16)17-8-5-4-6-9-17)21(24)23(12-11-22(2)3)15-18-10-7-13-25-18/h4-6,8-9,14,18H,7,10-13,15H2,1-3H3/t18-/m1/s1. The van der Waals surface area contributed by atoms with Crippen LogP contribution < -0.4 is 0 Å². The first-order valence-electron chi connectivity index (χ1n) is 9.26. The first kappa shape index (κ1) is 18.7. The SMILES string of the molecule is Cc1cc(C(=O)N(CCN(C)C)C[C@H]2CCCO2)c(-c2ccccc2)o1. The van der Waals surface area contributed by atoms with Gasteiger partial charge in [-0.2, -0.15) is 0 Å². The van der Waals surface area contributed by atoms with Gasteiger partial charge in [-0.05, 0) is 39.9 Å². The highest BCUT2D eigenvalue weighted by atomic mass is 16.5. The molecule has 1 aromatic carbocycles. The predicted molar refractivity (Wildman–Crippen MR) is 102 cm³/mol. The highest BCUT2D eigenvalue weighted by Gasteiger charge is 2.27. The summed E-state index contributed by atoms with van der Waals surface area (Å²) >= 11 is 0. The number of carbonyl (C=O) groups excluding carboxylic acids is 1. The van der Waals surface area contributed by atoms with Gasteiger partial charge in [0.05, 0.1) is 11.7 Å². The van der Waals surface area contributed by atoms with Crippen molar-refractivity contribution >= 4 is 5.91 Å². The van der Waals surface area contributed by atoms with E-state index in [2.05, 4.69) is 4.90 Å². The zero-order valence-electron chi connectivity index (χ0n) is 15.9. The van der Waals surface area contributed by atoms with Crippen molar-refractivity contribution < 1.29 is 13.9 Å². The van der Waals surface area contributed by atoms with E-state index in [-0.39, 0.29) is 12.0 Å². The van der Waals surface area contributed by atoms with E-state index in [0.717, 1.165) is 37.3 Å². The van der Waals surface area contributed by atoms with Crippen molar-refractivity contribution in [3.63, 3.8) is 0 Å². The summed E-state index contributed by atoms with van der Waals surface area (Å²) in [5.41, 5.74) is 1.55. The van der Waals surface area contributed by atoms with Gasteiger partial charge in [-0.1, -0.05) is 30.3 Å². The van der Waals surface area contributed by atoms with Crippen molar-refractivity contribution in [3.05, 3.63) is 47.7 Å². The van der Waals surface area contributed by atoms with Gasteiger partial charge in [0.15, 0.2) is 0 Å². The highest BCUT2D eigenvalue weighted by molar-refractivity contribution is 5.99. The van der Waals surface area contributed by atoms with Crippen LogP contribution in [0.1, 0.15) is 29.0 Å². The van der Waals surface area contributed by atoms with Crippen molar-refractivity contribution in [2.24, 2.45) is 0 Å². The van der Waals surface area contributed by atoms with Crippen molar-refractivity contribution in [1.29, 1.82) is 0 Å². The maximum Gasteiger partial charge on any atom is 0.257 e. The highest BCUT2D eigenvalue weighted by Crippen LogP contribution is 2.28. The molecular weight excluding hydrogens is 328 g/mol. The van der Waals surface area contributed by atoms with Gasteiger partial charge in [0, 0.05) is 31.8 Å². The second-order valence-electron chi connectivity index (χ2n) is 7.16. The zero-order chi connectivity index (χ0) is 18.5. The summed E-state index contributed by atoms with van der Waals surface area (Å²) in [6, 6.07) is 11.7. The number of aryl methyl sites for hydroxylation is 1.